The maximum atomic E-state index is 11.0. The number of hydrogen-bond donors (Lipinski definition) is 1. The quantitative estimate of drug-likeness (QED) is 0.775. The van der Waals surface area contributed by atoms with Crippen LogP contribution in [0.15, 0.2) is 34.9 Å². The Bertz CT molecular complexity index is 371. The molecule has 1 heterocycles. The van der Waals surface area contributed by atoms with Crippen molar-refractivity contribution in [1.29, 1.82) is 0 Å². The summed E-state index contributed by atoms with van der Waals surface area (Å²) in [4.78, 5) is 11.0. The van der Waals surface area contributed by atoms with Crippen molar-refractivity contribution in [2.24, 2.45) is 0 Å². The van der Waals surface area contributed by atoms with Crippen LogP contribution in [0.2, 0.25) is 0 Å². The summed E-state index contributed by atoms with van der Waals surface area (Å²) < 4.78 is 0.950. The van der Waals surface area contributed by atoms with Crippen molar-refractivity contribution < 1.29 is 4.79 Å². The fraction of sp³-hybridized carbons (Fsp3) is 0. The molecule has 0 atom stereocenters. The Morgan fingerprint density at radius 3 is 2.50 bits per heavy atom. The summed E-state index contributed by atoms with van der Waals surface area (Å²) in [7, 11) is 0. The molecule has 2 rings (SSSR count). The van der Waals surface area contributed by atoms with Gasteiger partial charge in [-0.25, -0.2) is 0 Å². The van der Waals surface area contributed by atoms with Gasteiger partial charge in [0.05, 0.1) is 5.57 Å². The molecular formula is C9H6BrNO. The molecule has 0 aromatic heterocycles. The van der Waals surface area contributed by atoms with E-state index in [1.165, 1.54) is 0 Å². The number of halogens is 1. The van der Waals surface area contributed by atoms with Gasteiger partial charge < -0.3 is 5.32 Å². The Morgan fingerprint density at radius 1 is 1.25 bits per heavy atom. The predicted octanol–water partition coefficient (Wildman–Crippen LogP) is 1.92. The van der Waals surface area contributed by atoms with Crippen molar-refractivity contribution in [3.63, 3.8) is 0 Å². The topological polar surface area (TPSA) is 29.1 Å². The molecule has 0 saturated heterocycles. The maximum absolute atomic E-state index is 11.0. The minimum Gasteiger partial charge on any atom is -0.328 e. The van der Waals surface area contributed by atoms with Crippen LogP contribution in [-0.4, -0.2) is 5.91 Å². The molecule has 0 unspecified atom stereocenters. The molecule has 1 aliphatic heterocycles. The van der Waals surface area contributed by atoms with Crippen molar-refractivity contribution in [1.82, 2.24) is 5.32 Å². The normalized spacial score (nSPS) is 14.8. The van der Waals surface area contributed by atoms with E-state index in [2.05, 4.69) is 21.2 Å². The summed E-state index contributed by atoms with van der Waals surface area (Å²) in [5.74, 6) is -0.0121. The average molecular weight is 224 g/mol. The lowest BCUT2D eigenvalue weighted by Gasteiger charge is -2.15. The highest BCUT2D eigenvalue weighted by atomic mass is 79.9. The van der Waals surface area contributed by atoms with Gasteiger partial charge in [-0.1, -0.05) is 34.1 Å². The third-order valence-electron chi connectivity index (χ3n) is 1.76. The van der Waals surface area contributed by atoms with E-state index in [-0.39, 0.29) is 5.91 Å². The third-order valence-corrected chi connectivity index (χ3v) is 2.45. The smallest absolute Gasteiger partial charge is 0.257 e. The van der Waals surface area contributed by atoms with Crippen molar-refractivity contribution in [2.75, 3.05) is 0 Å². The van der Waals surface area contributed by atoms with Crippen LogP contribution < -0.4 is 5.32 Å². The van der Waals surface area contributed by atoms with Gasteiger partial charge in [-0.15, -0.1) is 0 Å². The van der Waals surface area contributed by atoms with Gasteiger partial charge in [0.25, 0.3) is 5.91 Å². The highest BCUT2D eigenvalue weighted by Crippen LogP contribution is 2.26. The molecule has 1 aromatic rings. The van der Waals surface area contributed by atoms with Gasteiger partial charge in [0.1, 0.15) is 0 Å². The van der Waals surface area contributed by atoms with E-state index in [1.54, 1.807) is 6.20 Å². The number of amides is 1. The predicted molar refractivity (Wildman–Crippen MR) is 50.3 cm³/mol. The summed E-state index contributed by atoms with van der Waals surface area (Å²) in [6, 6.07) is 7.66. The molecule has 0 saturated carbocycles. The second-order valence-electron chi connectivity index (χ2n) is 2.51. The Hall–Kier alpha value is -1.09. The summed E-state index contributed by atoms with van der Waals surface area (Å²) in [5, 5.41) is 2.56. The molecule has 0 fully saturated rings. The molecule has 0 spiro atoms. The van der Waals surface area contributed by atoms with Gasteiger partial charge in [0.15, 0.2) is 0 Å². The number of carbonyl (C=O) groups is 1. The minimum atomic E-state index is -0.0121. The van der Waals surface area contributed by atoms with E-state index >= 15 is 0 Å². The fourth-order valence-electron chi connectivity index (χ4n) is 1.08. The first-order chi connectivity index (χ1) is 5.79. The van der Waals surface area contributed by atoms with Gasteiger partial charge >= 0.3 is 0 Å². The molecule has 1 aliphatic rings. The monoisotopic (exact) mass is 223 g/mol. The minimum absolute atomic E-state index is 0.0121. The van der Waals surface area contributed by atoms with E-state index in [0.717, 1.165) is 15.6 Å². The molecule has 2 nitrogen and oxygen atoms in total. The molecule has 3 heteroatoms. The highest BCUT2D eigenvalue weighted by molar-refractivity contribution is 9.10. The van der Waals surface area contributed by atoms with E-state index in [1.807, 2.05) is 24.3 Å². The molecule has 0 aliphatic carbocycles. The van der Waals surface area contributed by atoms with E-state index < -0.39 is 0 Å². The molecule has 1 aromatic carbocycles. The van der Waals surface area contributed by atoms with E-state index in [9.17, 15) is 4.79 Å². The lowest BCUT2D eigenvalue weighted by Crippen LogP contribution is -2.29. The van der Waals surface area contributed by atoms with Crippen LogP contribution in [0.1, 0.15) is 5.56 Å². The van der Waals surface area contributed by atoms with Crippen molar-refractivity contribution >= 4 is 27.4 Å². The molecule has 1 N–H and O–H groups in total. The second kappa shape index (κ2) is 2.75. The largest absolute Gasteiger partial charge is 0.328 e. The van der Waals surface area contributed by atoms with Crippen LogP contribution in [0.25, 0.3) is 5.57 Å². The van der Waals surface area contributed by atoms with Crippen LogP contribution in [0.4, 0.5) is 0 Å². The highest BCUT2D eigenvalue weighted by Gasteiger charge is 2.19. The Balaban J connectivity index is 2.47. The van der Waals surface area contributed by atoms with Gasteiger partial charge in [0.2, 0.25) is 0 Å². The van der Waals surface area contributed by atoms with Crippen molar-refractivity contribution in [2.45, 2.75) is 0 Å². The number of hydrogen-bond acceptors (Lipinski definition) is 1. The summed E-state index contributed by atoms with van der Waals surface area (Å²) in [5.41, 5.74) is 1.68. The zero-order valence-electron chi connectivity index (χ0n) is 6.17. The summed E-state index contributed by atoms with van der Waals surface area (Å²) in [6.07, 6.45) is 1.71. The standard InChI is InChI=1S/C9H6BrNO/c10-8-4-2-1-3-6(8)7-5-11-9(7)12/h1-5H,(H,11,12). The lowest BCUT2D eigenvalue weighted by atomic mass is 10.0. The summed E-state index contributed by atoms with van der Waals surface area (Å²) >= 11 is 3.38. The molecule has 60 valence electrons. The van der Waals surface area contributed by atoms with E-state index in [4.69, 9.17) is 0 Å². The van der Waals surface area contributed by atoms with Gasteiger partial charge in [-0.3, -0.25) is 4.79 Å². The first-order valence-corrected chi connectivity index (χ1v) is 4.34. The average Bonchev–Trinajstić information content (AvgIpc) is 2.06. The van der Waals surface area contributed by atoms with Crippen molar-refractivity contribution in [3.8, 4) is 0 Å². The second-order valence-corrected chi connectivity index (χ2v) is 3.37. The summed E-state index contributed by atoms with van der Waals surface area (Å²) in [6.45, 7) is 0. The van der Waals surface area contributed by atoms with Crippen LogP contribution in [0, 0.1) is 0 Å². The number of benzene rings is 1. The first kappa shape index (κ1) is 7.55. The van der Waals surface area contributed by atoms with Gasteiger partial charge in [-0.2, -0.15) is 0 Å². The van der Waals surface area contributed by atoms with Crippen LogP contribution in [-0.2, 0) is 4.79 Å². The van der Waals surface area contributed by atoms with Gasteiger partial charge in [0, 0.05) is 16.2 Å². The zero-order chi connectivity index (χ0) is 8.55. The Kier molecular flexibility index (Phi) is 1.73. The van der Waals surface area contributed by atoms with Crippen LogP contribution in [0.5, 0.6) is 0 Å². The fourth-order valence-corrected chi connectivity index (χ4v) is 1.58. The molecule has 0 bridgehead atoms. The van der Waals surface area contributed by atoms with Gasteiger partial charge in [-0.05, 0) is 6.07 Å². The number of rotatable bonds is 1. The zero-order valence-corrected chi connectivity index (χ0v) is 7.76. The Labute approximate surface area is 78.4 Å². The molecule has 12 heavy (non-hydrogen) atoms. The van der Waals surface area contributed by atoms with Crippen LogP contribution in [0.3, 0.4) is 0 Å². The van der Waals surface area contributed by atoms with Crippen LogP contribution >= 0.6 is 15.9 Å². The number of carbonyl (C=O) groups excluding carboxylic acids is 1. The number of nitrogens with one attached hydrogen (secondary N) is 1. The molecule has 1 amide bonds. The molecular weight excluding hydrogens is 218 g/mol. The van der Waals surface area contributed by atoms with Crippen molar-refractivity contribution in [3.05, 3.63) is 40.5 Å². The van der Waals surface area contributed by atoms with E-state index in [0.29, 0.717) is 0 Å². The SMILES string of the molecule is O=C1NC=C1c1ccccc1Br. The first-order valence-electron chi connectivity index (χ1n) is 3.55. The maximum Gasteiger partial charge on any atom is 0.257 e. The molecule has 0 radical (unpaired) electrons. The lowest BCUT2D eigenvalue weighted by molar-refractivity contribution is -0.116. The third kappa shape index (κ3) is 1.06. The Morgan fingerprint density at radius 2 is 2.00 bits per heavy atom.